The number of carboxylic acids is 1. The number of aryl methyl sites for hydroxylation is 1. The van der Waals surface area contributed by atoms with E-state index in [1.165, 1.54) is 41.3 Å². The number of benzene rings is 2. The summed E-state index contributed by atoms with van der Waals surface area (Å²) >= 11 is 0. The second kappa shape index (κ2) is 8.44. The van der Waals surface area contributed by atoms with Crippen LogP contribution in [0.5, 0.6) is 0 Å². The normalized spacial score (nSPS) is 10.6. The first-order valence-corrected chi connectivity index (χ1v) is 8.38. The Balaban J connectivity index is 2.19. The van der Waals surface area contributed by atoms with Gasteiger partial charge in [0.1, 0.15) is 12.4 Å². The summed E-state index contributed by atoms with van der Waals surface area (Å²) in [6, 6.07) is 9.36. The number of nitrogens with one attached hydrogen (secondary N) is 1. The van der Waals surface area contributed by atoms with E-state index in [0.29, 0.717) is 11.3 Å². The monoisotopic (exact) mass is 372 g/mol. The molecule has 0 radical (unpaired) electrons. The number of amides is 2. The molecule has 0 aliphatic rings. The molecule has 0 fully saturated rings. The maximum atomic E-state index is 12.9. The van der Waals surface area contributed by atoms with E-state index >= 15 is 0 Å². The predicted molar refractivity (Wildman–Crippen MR) is 99.3 cm³/mol. The standard InChI is InChI=1S/C20H21FN2O4/c1-12(2)23(11-18(24)22-17-6-4-16(21)5-7-17)19(25)14-8-13(3)9-15(10-14)20(26)27/h4-10,12H,11H2,1-3H3,(H,22,24)(H,26,27). The minimum absolute atomic E-state index is 0.0119. The van der Waals surface area contributed by atoms with Crippen LogP contribution in [0.1, 0.15) is 40.1 Å². The number of carboxylic acid groups (broad SMARTS) is 1. The van der Waals surface area contributed by atoms with Crippen LogP contribution in [0.2, 0.25) is 0 Å². The summed E-state index contributed by atoms with van der Waals surface area (Å²) in [5, 5.41) is 11.8. The quantitative estimate of drug-likeness (QED) is 0.814. The van der Waals surface area contributed by atoms with E-state index in [9.17, 15) is 23.9 Å². The molecule has 7 heteroatoms. The lowest BCUT2D eigenvalue weighted by atomic mass is 10.0. The first kappa shape index (κ1) is 20.1. The van der Waals surface area contributed by atoms with E-state index in [1.54, 1.807) is 26.8 Å². The van der Waals surface area contributed by atoms with Crippen LogP contribution in [-0.4, -0.2) is 40.4 Å². The van der Waals surface area contributed by atoms with Crippen molar-refractivity contribution < 1.29 is 23.9 Å². The van der Waals surface area contributed by atoms with Crippen LogP contribution < -0.4 is 5.32 Å². The molecule has 0 heterocycles. The topological polar surface area (TPSA) is 86.7 Å². The van der Waals surface area contributed by atoms with Gasteiger partial charge in [0, 0.05) is 17.3 Å². The summed E-state index contributed by atoms with van der Waals surface area (Å²) in [4.78, 5) is 37.7. The summed E-state index contributed by atoms with van der Waals surface area (Å²) < 4.78 is 12.9. The van der Waals surface area contributed by atoms with Gasteiger partial charge in [-0.05, 0) is 68.8 Å². The molecule has 0 aliphatic heterocycles. The molecule has 2 amide bonds. The van der Waals surface area contributed by atoms with Crippen LogP contribution >= 0.6 is 0 Å². The van der Waals surface area contributed by atoms with Crippen molar-refractivity contribution in [2.24, 2.45) is 0 Å². The zero-order chi connectivity index (χ0) is 20.1. The van der Waals surface area contributed by atoms with Gasteiger partial charge < -0.3 is 15.3 Å². The van der Waals surface area contributed by atoms with Gasteiger partial charge in [0.05, 0.1) is 5.56 Å². The fraction of sp³-hybridized carbons (Fsp3) is 0.250. The summed E-state index contributed by atoms with van der Waals surface area (Å²) in [5.74, 6) is -2.42. The molecule has 2 rings (SSSR count). The van der Waals surface area contributed by atoms with Gasteiger partial charge in [0.2, 0.25) is 5.91 Å². The van der Waals surface area contributed by atoms with Crippen LogP contribution in [0.3, 0.4) is 0 Å². The van der Waals surface area contributed by atoms with Crippen molar-refractivity contribution in [2.45, 2.75) is 26.8 Å². The number of carbonyl (C=O) groups excluding carboxylic acids is 2. The highest BCUT2D eigenvalue weighted by Gasteiger charge is 2.23. The Labute approximate surface area is 156 Å². The zero-order valence-corrected chi connectivity index (χ0v) is 15.3. The Hall–Kier alpha value is -3.22. The number of anilines is 1. The van der Waals surface area contributed by atoms with E-state index in [2.05, 4.69) is 5.32 Å². The maximum absolute atomic E-state index is 12.9. The van der Waals surface area contributed by atoms with Gasteiger partial charge in [-0.1, -0.05) is 0 Å². The molecule has 2 N–H and O–H groups in total. The number of hydrogen-bond acceptors (Lipinski definition) is 3. The molecule has 2 aromatic carbocycles. The smallest absolute Gasteiger partial charge is 0.335 e. The largest absolute Gasteiger partial charge is 0.478 e. The highest BCUT2D eigenvalue weighted by atomic mass is 19.1. The lowest BCUT2D eigenvalue weighted by Crippen LogP contribution is -2.42. The van der Waals surface area contributed by atoms with Crippen molar-refractivity contribution >= 4 is 23.5 Å². The third-order valence-electron chi connectivity index (χ3n) is 3.90. The van der Waals surface area contributed by atoms with E-state index in [-0.39, 0.29) is 23.7 Å². The molecule has 0 aromatic heterocycles. The van der Waals surface area contributed by atoms with Gasteiger partial charge in [0.25, 0.3) is 5.91 Å². The van der Waals surface area contributed by atoms with Gasteiger partial charge in [-0.3, -0.25) is 9.59 Å². The van der Waals surface area contributed by atoms with Crippen LogP contribution in [0.25, 0.3) is 0 Å². The Kier molecular flexibility index (Phi) is 6.28. The first-order valence-electron chi connectivity index (χ1n) is 8.38. The second-order valence-electron chi connectivity index (χ2n) is 6.47. The summed E-state index contributed by atoms with van der Waals surface area (Å²) in [6.07, 6.45) is 0. The molecule has 0 aliphatic carbocycles. The average molecular weight is 372 g/mol. The third-order valence-corrected chi connectivity index (χ3v) is 3.90. The van der Waals surface area contributed by atoms with Crippen molar-refractivity contribution in [2.75, 3.05) is 11.9 Å². The molecule has 0 saturated carbocycles. The number of rotatable bonds is 6. The van der Waals surface area contributed by atoms with Gasteiger partial charge in [-0.15, -0.1) is 0 Å². The fourth-order valence-corrected chi connectivity index (χ4v) is 2.57. The number of aromatic carboxylic acids is 1. The van der Waals surface area contributed by atoms with Gasteiger partial charge >= 0.3 is 5.97 Å². The molecule has 0 atom stereocenters. The Morgan fingerprint density at radius 3 is 2.22 bits per heavy atom. The van der Waals surface area contributed by atoms with Crippen LogP contribution in [-0.2, 0) is 4.79 Å². The van der Waals surface area contributed by atoms with E-state index in [0.717, 1.165) is 0 Å². The first-order chi connectivity index (χ1) is 12.7. The highest BCUT2D eigenvalue weighted by Crippen LogP contribution is 2.15. The van der Waals surface area contributed by atoms with Crippen molar-refractivity contribution in [1.29, 1.82) is 0 Å². The molecule has 0 spiro atoms. The van der Waals surface area contributed by atoms with E-state index in [1.807, 2.05) is 0 Å². The Bertz CT molecular complexity index is 863. The van der Waals surface area contributed by atoms with E-state index < -0.39 is 23.6 Å². The van der Waals surface area contributed by atoms with Gasteiger partial charge in [-0.25, -0.2) is 9.18 Å². The van der Waals surface area contributed by atoms with Crippen molar-refractivity contribution in [3.8, 4) is 0 Å². The lowest BCUT2D eigenvalue weighted by Gasteiger charge is -2.26. The maximum Gasteiger partial charge on any atom is 0.335 e. The Morgan fingerprint density at radius 1 is 1.07 bits per heavy atom. The van der Waals surface area contributed by atoms with Gasteiger partial charge in [-0.2, -0.15) is 0 Å². The fourth-order valence-electron chi connectivity index (χ4n) is 2.57. The van der Waals surface area contributed by atoms with Crippen LogP contribution in [0, 0.1) is 12.7 Å². The van der Waals surface area contributed by atoms with Crippen molar-refractivity contribution in [3.05, 3.63) is 65.0 Å². The molecule has 0 saturated heterocycles. The molecule has 142 valence electrons. The SMILES string of the molecule is Cc1cc(C(=O)O)cc(C(=O)N(CC(=O)Nc2ccc(F)cc2)C(C)C)c1. The second-order valence-corrected chi connectivity index (χ2v) is 6.47. The van der Waals surface area contributed by atoms with Crippen LogP contribution in [0.15, 0.2) is 42.5 Å². The number of carbonyl (C=O) groups is 3. The molecule has 27 heavy (non-hydrogen) atoms. The highest BCUT2D eigenvalue weighted by molar-refractivity contribution is 6.01. The number of nitrogens with zero attached hydrogens (tertiary/aromatic N) is 1. The van der Waals surface area contributed by atoms with Gasteiger partial charge in [0.15, 0.2) is 0 Å². The number of hydrogen-bond donors (Lipinski definition) is 2. The number of halogens is 1. The predicted octanol–water partition coefficient (Wildman–Crippen LogP) is 3.32. The minimum atomic E-state index is -1.13. The molecule has 6 nitrogen and oxygen atoms in total. The Morgan fingerprint density at radius 2 is 1.67 bits per heavy atom. The average Bonchev–Trinajstić information content (AvgIpc) is 2.60. The lowest BCUT2D eigenvalue weighted by molar-refractivity contribution is -0.117. The zero-order valence-electron chi connectivity index (χ0n) is 15.3. The molecule has 0 bridgehead atoms. The van der Waals surface area contributed by atoms with Crippen LogP contribution in [0.4, 0.5) is 10.1 Å². The summed E-state index contributed by atoms with van der Waals surface area (Å²) in [6.45, 7) is 5.00. The van der Waals surface area contributed by atoms with Crippen molar-refractivity contribution in [1.82, 2.24) is 4.90 Å². The third kappa shape index (κ3) is 5.37. The molecular formula is C20H21FN2O4. The molecule has 0 unspecified atom stereocenters. The minimum Gasteiger partial charge on any atom is -0.478 e. The summed E-state index contributed by atoms with van der Waals surface area (Å²) in [5.41, 5.74) is 1.27. The molecule has 2 aromatic rings. The van der Waals surface area contributed by atoms with E-state index in [4.69, 9.17) is 0 Å². The molecular weight excluding hydrogens is 351 g/mol. The summed E-state index contributed by atoms with van der Waals surface area (Å²) in [7, 11) is 0. The van der Waals surface area contributed by atoms with Crippen molar-refractivity contribution in [3.63, 3.8) is 0 Å².